The van der Waals surface area contributed by atoms with E-state index in [-0.39, 0.29) is 0 Å². The number of rotatable bonds is 5. The van der Waals surface area contributed by atoms with Crippen LogP contribution in [0.5, 0.6) is 0 Å². The highest BCUT2D eigenvalue weighted by Crippen LogP contribution is 2.36. The van der Waals surface area contributed by atoms with Gasteiger partial charge >= 0.3 is 0 Å². The molecule has 0 fully saturated rings. The van der Waals surface area contributed by atoms with Gasteiger partial charge in [-0.15, -0.1) is 0 Å². The maximum atomic E-state index is 6.22. The summed E-state index contributed by atoms with van der Waals surface area (Å²) in [5.41, 5.74) is 10.1. The van der Waals surface area contributed by atoms with Gasteiger partial charge in [-0.2, -0.15) is 9.97 Å². The summed E-state index contributed by atoms with van der Waals surface area (Å²) in [4.78, 5) is 15.4. The van der Waals surface area contributed by atoms with Gasteiger partial charge in [0.05, 0.1) is 11.0 Å². The third kappa shape index (κ3) is 4.67. The van der Waals surface area contributed by atoms with Crippen LogP contribution >= 0.6 is 0 Å². The first-order chi connectivity index (χ1) is 24.8. The Kier molecular flexibility index (Phi) is 6.42. The molecule has 0 bridgehead atoms. The molecule has 0 radical (unpaired) electrons. The molecule has 10 rings (SSSR count). The van der Waals surface area contributed by atoms with Crippen molar-refractivity contribution in [1.29, 1.82) is 0 Å². The summed E-state index contributed by atoms with van der Waals surface area (Å²) < 4.78 is 8.38. The molecule has 234 valence electrons. The van der Waals surface area contributed by atoms with E-state index in [0.29, 0.717) is 17.6 Å². The van der Waals surface area contributed by atoms with Crippen molar-refractivity contribution in [3.63, 3.8) is 0 Å². The van der Waals surface area contributed by atoms with Crippen LogP contribution in [-0.2, 0) is 0 Å². The molecule has 7 aromatic carbocycles. The standard InChI is InChI=1S/C45H28N4O/c1-3-12-29(13-4-1)32-23-25-40-38(27-32)35-18-7-9-20-39(35)49(40)45-47-43(30-14-5-2-6-15-30)46-44(48-45)34-17-11-16-31(26-34)33-22-24-37-36-19-8-10-21-41(36)50-42(37)28-33/h1-28H. The van der Waals surface area contributed by atoms with Gasteiger partial charge in [-0.05, 0) is 64.7 Å². The first-order valence-electron chi connectivity index (χ1n) is 16.7. The van der Waals surface area contributed by atoms with Crippen molar-refractivity contribution in [2.45, 2.75) is 0 Å². The summed E-state index contributed by atoms with van der Waals surface area (Å²) in [5, 5.41) is 4.52. The van der Waals surface area contributed by atoms with E-state index in [1.54, 1.807) is 0 Å². The molecular formula is C45H28N4O. The Balaban J connectivity index is 1.15. The second-order valence-electron chi connectivity index (χ2n) is 12.5. The van der Waals surface area contributed by atoms with Crippen LogP contribution in [0.15, 0.2) is 174 Å². The van der Waals surface area contributed by atoms with Gasteiger partial charge in [-0.25, -0.2) is 4.98 Å². The summed E-state index contributed by atoms with van der Waals surface area (Å²) in [6.45, 7) is 0. The lowest BCUT2D eigenvalue weighted by Crippen LogP contribution is -2.06. The van der Waals surface area contributed by atoms with Gasteiger partial charge in [-0.3, -0.25) is 4.57 Å². The van der Waals surface area contributed by atoms with Crippen LogP contribution in [0.1, 0.15) is 0 Å². The quantitative estimate of drug-likeness (QED) is 0.188. The Morgan fingerprint density at radius 1 is 0.340 bits per heavy atom. The predicted molar refractivity (Wildman–Crippen MR) is 203 cm³/mol. The zero-order valence-corrected chi connectivity index (χ0v) is 26.9. The van der Waals surface area contributed by atoms with E-state index in [2.05, 4.69) is 120 Å². The smallest absolute Gasteiger partial charge is 0.238 e. The predicted octanol–water partition coefficient (Wildman–Crippen LogP) is 11.5. The molecule has 0 unspecified atom stereocenters. The van der Waals surface area contributed by atoms with E-state index in [1.807, 2.05) is 54.6 Å². The molecule has 0 aliphatic carbocycles. The normalized spacial score (nSPS) is 11.6. The molecule has 5 nitrogen and oxygen atoms in total. The van der Waals surface area contributed by atoms with Gasteiger partial charge in [0.2, 0.25) is 5.95 Å². The van der Waals surface area contributed by atoms with Crippen LogP contribution in [0.3, 0.4) is 0 Å². The number of furan rings is 1. The van der Waals surface area contributed by atoms with E-state index in [4.69, 9.17) is 19.4 Å². The summed E-state index contributed by atoms with van der Waals surface area (Å²) in [6.07, 6.45) is 0. The van der Waals surface area contributed by atoms with Crippen LogP contribution in [-0.4, -0.2) is 19.5 Å². The highest BCUT2D eigenvalue weighted by molar-refractivity contribution is 6.10. The Morgan fingerprint density at radius 3 is 1.76 bits per heavy atom. The molecule has 0 spiro atoms. The number of nitrogens with zero attached hydrogens (tertiary/aromatic N) is 4. The molecule has 3 heterocycles. The average Bonchev–Trinajstić information content (AvgIpc) is 3.73. The van der Waals surface area contributed by atoms with Gasteiger partial charge in [0, 0.05) is 32.7 Å². The molecule has 10 aromatic rings. The van der Waals surface area contributed by atoms with E-state index >= 15 is 0 Å². The summed E-state index contributed by atoms with van der Waals surface area (Å²) >= 11 is 0. The van der Waals surface area contributed by atoms with Crippen LogP contribution < -0.4 is 0 Å². The number of benzene rings is 7. The van der Waals surface area contributed by atoms with E-state index in [0.717, 1.165) is 66.0 Å². The molecule has 0 amide bonds. The van der Waals surface area contributed by atoms with Crippen molar-refractivity contribution < 1.29 is 4.42 Å². The second-order valence-corrected chi connectivity index (χ2v) is 12.5. The number of hydrogen-bond acceptors (Lipinski definition) is 4. The maximum absolute atomic E-state index is 6.22. The monoisotopic (exact) mass is 640 g/mol. The SMILES string of the molecule is c1ccc(-c2ccc3c(c2)c2ccccc2n3-c2nc(-c3ccccc3)nc(-c3cccc(-c4ccc5c(c4)oc4ccccc45)c3)n2)cc1. The second kappa shape index (κ2) is 11.4. The first kappa shape index (κ1) is 28.2. The van der Waals surface area contributed by atoms with Gasteiger partial charge < -0.3 is 4.42 Å². The third-order valence-electron chi connectivity index (χ3n) is 9.47. The van der Waals surface area contributed by atoms with Crippen molar-refractivity contribution in [3.8, 4) is 51.0 Å². The summed E-state index contributed by atoms with van der Waals surface area (Å²) in [6, 6.07) is 58.7. The van der Waals surface area contributed by atoms with Gasteiger partial charge in [0.1, 0.15) is 11.2 Å². The minimum absolute atomic E-state index is 0.571. The minimum Gasteiger partial charge on any atom is -0.456 e. The van der Waals surface area contributed by atoms with Gasteiger partial charge in [0.25, 0.3) is 0 Å². The van der Waals surface area contributed by atoms with Gasteiger partial charge in [-0.1, -0.05) is 127 Å². The highest BCUT2D eigenvalue weighted by atomic mass is 16.3. The van der Waals surface area contributed by atoms with Gasteiger partial charge in [0.15, 0.2) is 11.6 Å². The first-order valence-corrected chi connectivity index (χ1v) is 16.7. The molecule has 0 atom stereocenters. The van der Waals surface area contributed by atoms with Crippen molar-refractivity contribution in [2.24, 2.45) is 0 Å². The van der Waals surface area contributed by atoms with Crippen molar-refractivity contribution in [2.75, 3.05) is 0 Å². The fraction of sp³-hybridized carbons (Fsp3) is 0. The Hall–Kier alpha value is -6.85. The fourth-order valence-electron chi connectivity index (χ4n) is 7.05. The Bertz CT molecular complexity index is 2870. The Labute approximate surface area is 287 Å². The van der Waals surface area contributed by atoms with Crippen molar-refractivity contribution >= 4 is 43.7 Å². The molecule has 5 heteroatoms. The van der Waals surface area contributed by atoms with E-state index in [9.17, 15) is 0 Å². The number of aromatic nitrogens is 4. The van der Waals surface area contributed by atoms with Crippen LogP contribution in [0.4, 0.5) is 0 Å². The number of hydrogen-bond donors (Lipinski definition) is 0. The van der Waals surface area contributed by atoms with Crippen LogP contribution in [0.2, 0.25) is 0 Å². The summed E-state index contributed by atoms with van der Waals surface area (Å²) in [7, 11) is 0. The van der Waals surface area contributed by atoms with Crippen molar-refractivity contribution in [1.82, 2.24) is 19.5 Å². The molecule has 0 saturated carbocycles. The van der Waals surface area contributed by atoms with Crippen LogP contribution in [0, 0.1) is 0 Å². The van der Waals surface area contributed by atoms with Crippen LogP contribution in [0.25, 0.3) is 94.7 Å². The van der Waals surface area contributed by atoms with E-state index in [1.165, 1.54) is 11.1 Å². The minimum atomic E-state index is 0.571. The topological polar surface area (TPSA) is 56.7 Å². The maximum Gasteiger partial charge on any atom is 0.238 e. The molecule has 0 aliphatic heterocycles. The largest absolute Gasteiger partial charge is 0.456 e. The summed E-state index contributed by atoms with van der Waals surface area (Å²) in [5.74, 6) is 1.79. The lowest BCUT2D eigenvalue weighted by Gasteiger charge is -2.12. The number of fused-ring (bicyclic) bond motifs is 6. The van der Waals surface area contributed by atoms with E-state index < -0.39 is 0 Å². The molecule has 3 aromatic heterocycles. The fourth-order valence-corrected chi connectivity index (χ4v) is 7.05. The average molecular weight is 641 g/mol. The molecular weight excluding hydrogens is 613 g/mol. The molecule has 0 saturated heterocycles. The molecule has 0 N–H and O–H groups in total. The third-order valence-corrected chi connectivity index (χ3v) is 9.47. The molecule has 0 aliphatic rings. The zero-order valence-electron chi connectivity index (χ0n) is 26.9. The highest BCUT2D eigenvalue weighted by Gasteiger charge is 2.19. The zero-order chi connectivity index (χ0) is 33.0. The lowest BCUT2D eigenvalue weighted by molar-refractivity contribution is 0.669. The lowest BCUT2D eigenvalue weighted by atomic mass is 10.0. The molecule has 50 heavy (non-hydrogen) atoms. The Morgan fingerprint density at radius 2 is 0.920 bits per heavy atom. The number of para-hydroxylation sites is 2. The van der Waals surface area contributed by atoms with Crippen molar-refractivity contribution in [3.05, 3.63) is 170 Å².